The highest BCUT2D eigenvalue weighted by Gasteiger charge is 2.40. The molecule has 0 fully saturated rings. The van der Waals surface area contributed by atoms with Gasteiger partial charge in [0.1, 0.15) is 17.4 Å². The molecule has 0 spiro atoms. The fourth-order valence-electron chi connectivity index (χ4n) is 1.82. The van der Waals surface area contributed by atoms with Crippen LogP contribution < -0.4 is 4.74 Å². The summed E-state index contributed by atoms with van der Waals surface area (Å²) in [7, 11) is 0. The van der Waals surface area contributed by atoms with Gasteiger partial charge in [-0.1, -0.05) is 30.3 Å². The van der Waals surface area contributed by atoms with Crippen molar-refractivity contribution in [1.82, 2.24) is 0 Å². The molecule has 0 N–H and O–H groups in total. The minimum absolute atomic E-state index is 0.107. The highest BCUT2D eigenvalue weighted by atomic mass is 19.4. The van der Waals surface area contributed by atoms with E-state index in [2.05, 4.69) is 0 Å². The first kappa shape index (κ1) is 16.1. The van der Waals surface area contributed by atoms with E-state index in [1.165, 1.54) is 48.5 Å². The molecule has 0 aromatic heterocycles. The Morgan fingerprint density at radius 1 is 0.913 bits per heavy atom. The zero-order chi connectivity index (χ0) is 16.9. The molecule has 0 heterocycles. The molecule has 0 unspecified atom stereocenters. The summed E-state index contributed by atoms with van der Waals surface area (Å²) in [6.07, 6.45) is -4.84. The molecule has 0 aliphatic rings. The van der Waals surface area contributed by atoms with Crippen molar-refractivity contribution in [3.05, 3.63) is 71.5 Å². The van der Waals surface area contributed by atoms with E-state index in [-0.39, 0.29) is 11.3 Å². The van der Waals surface area contributed by atoms with Crippen LogP contribution in [0.1, 0.15) is 11.1 Å². The van der Waals surface area contributed by atoms with Gasteiger partial charge in [0.25, 0.3) is 0 Å². The first-order chi connectivity index (χ1) is 11.0. The van der Waals surface area contributed by atoms with Crippen molar-refractivity contribution in [2.24, 2.45) is 0 Å². The fourth-order valence-corrected chi connectivity index (χ4v) is 1.82. The van der Waals surface area contributed by atoms with Gasteiger partial charge in [-0.25, -0.2) is 0 Å². The van der Waals surface area contributed by atoms with Crippen molar-refractivity contribution in [2.45, 2.75) is 6.18 Å². The Hall–Kier alpha value is -3.25. The van der Waals surface area contributed by atoms with Crippen LogP contribution in [0.4, 0.5) is 13.2 Å². The molecule has 0 bridgehead atoms. The molecule has 0 atom stereocenters. The van der Waals surface area contributed by atoms with E-state index < -0.39 is 17.5 Å². The van der Waals surface area contributed by atoms with Crippen molar-refractivity contribution in [3.63, 3.8) is 0 Å². The van der Waals surface area contributed by atoms with E-state index in [0.717, 1.165) is 0 Å². The van der Waals surface area contributed by atoms with Crippen LogP contribution in [0.15, 0.2) is 60.4 Å². The largest absolute Gasteiger partial charge is 0.451 e. The number of nitriles is 2. The maximum atomic E-state index is 13.3. The van der Waals surface area contributed by atoms with Gasteiger partial charge >= 0.3 is 6.18 Å². The van der Waals surface area contributed by atoms with Crippen LogP contribution in [0.5, 0.6) is 5.75 Å². The first-order valence-electron chi connectivity index (χ1n) is 6.40. The molecule has 0 radical (unpaired) electrons. The van der Waals surface area contributed by atoms with Crippen molar-refractivity contribution in [1.29, 1.82) is 10.5 Å². The molecule has 2 rings (SSSR count). The first-order valence-corrected chi connectivity index (χ1v) is 6.40. The maximum absolute atomic E-state index is 13.3. The van der Waals surface area contributed by atoms with E-state index in [0.29, 0.717) is 5.56 Å². The lowest BCUT2D eigenvalue weighted by molar-refractivity contribution is -0.115. The van der Waals surface area contributed by atoms with Gasteiger partial charge in [-0.05, 0) is 29.8 Å². The number of benzene rings is 2. The third kappa shape index (κ3) is 3.90. The van der Waals surface area contributed by atoms with E-state index in [1.807, 2.05) is 6.07 Å². The second-order valence-electron chi connectivity index (χ2n) is 4.42. The monoisotopic (exact) mass is 314 g/mol. The second kappa shape index (κ2) is 6.67. The summed E-state index contributed by atoms with van der Waals surface area (Å²) >= 11 is 0. The van der Waals surface area contributed by atoms with E-state index in [1.54, 1.807) is 12.1 Å². The summed E-state index contributed by atoms with van der Waals surface area (Å²) in [6.45, 7) is 0. The topological polar surface area (TPSA) is 56.8 Å². The zero-order valence-electron chi connectivity index (χ0n) is 11.6. The van der Waals surface area contributed by atoms with E-state index in [4.69, 9.17) is 15.3 Å². The standard InChI is InChI=1S/C17H9F3N2O/c18-17(19,20)16(15(11-22)13-4-2-1-3-5-13)23-14-8-6-12(10-21)7-9-14/h1-9H/b16-15+. The van der Waals surface area contributed by atoms with E-state index in [9.17, 15) is 13.2 Å². The maximum Gasteiger partial charge on any atom is 0.450 e. The average Bonchev–Trinajstić information content (AvgIpc) is 2.55. The number of allylic oxidation sites excluding steroid dienone is 2. The molecule has 2 aromatic rings. The van der Waals surface area contributed by atoms with Crippen molar-refractivity contribution >= 4 is 5.57 Å². The number of ether oxygens (including phenoxy) is 1. The molecule has 6 heteroatoms. The Kier molecular flexibility index (Phi) is 4.68. The zero-order valence-corrected chi connectivity index (χ0v) is 11.6. The van der Waals surface area contributed by atoms with Gasteiger partial charge in [0, 0.05) is 0 Å². The lowest BCUT2D eigenvalue weighted by Gasteiger charge is -2.15. The average molecular weight is 314 g/mol. The highest BCUT2D eigenvalue weighted by molar-refractivity contribution is 5.79. The van der Waals surface area contributed by atoms with Gasteiger partial charge in [-0.15, -0.1) is 0 Å². The molecular weight excluding hydrogens is 305 g/mol. The second-order valence-corrected chi connectivity index (χ2v) is 4.42. The van der Waals surface area contributed by atoms with Gasteiger partial charge in [-0.3, -0.25) is 0 Å². The van der Waals surface area contributed by atoms with Crippen molar-refractivity contribution in [2.75, 3.05) is 0 Å². The molecule has 0 saturated heterocycles. The number of halogens is 3. The predicted molar refractivity (Wildman–Crippen MR) is 76.8 cm³/mol. The lowest BCUT2D eigenvalue weighted by Crippen LogP contribution is -2.19. The van der Waals surface area contributed by atoms with Gasteiger partial charge in [-0.2, -0.15) is 23.7 Å². The summed E-state index contributed by atoms with van der Waals surface area (Å²) in [6, 6.07) is 16.0. The summed E-state index contributed by atoms with van der Waals surface area (Å²) in [5.74, 6) is -1.50. The number of rotatable bonds is 3. The minimum atomic E-state index is -4.84. The number of hydrogen-bond acceptors (Lipinski definition) is 3. The van der Waals surface area contributed by atoms with Crippen LogP contribution in [0, 0.1) is 22.7 Å². The predicted octanol–water partition coefficient (Wildman–Crippen LogP) is 4.43. The van der Waals surface area contributed by atoms with Gasteiger partial charge in [0.2, 0.25) is 5.76 Å². The van der Waals surface area contributed by atoms with Gasteiger partial charge in [0.05, 0.1) is 11.6 Å². The molecule has 114 valence electrons. The lowest BCUT2D eigenvalue weighted by atomic mass is 10.1. The fraction of sp³-hybridized carbons (Fsp3) is 0.0588. The summed E-state index contributed by atoms with van der Waals surface area (Å²) < 4.78 is 44.8. The van der Waals surface area contributed by atoms with Crippen LogP contribution in [-0.2, 0) is 0 Å². The minimum Gasteiger partial charge on any atom is -0.451 e. The highest BCUT2D eigenvalue weighted by Crippen LogP contribution is 2.34. The van der Waals surface area contributed by atoms with Crippen LogP contribution in [0.2, 0.25) is 0 Å². The number of nitrogens with zero attached hydrogens (tertiary/aromatic N) is 2. The summed E-state index contributed by atoms with van der Waals surface area (Å²) in [4.78, 5) is 0. The molecule has 23 heavy (non-hydrogen) atoms. The Bertz CT molecular complexity index is 795. The molecular formula is C17H9F3N2O. The molecule has 0 aliphatic carbocycles. The third-order valence-electron chi connectivity index (χ3n) is 2.86. The normalized spacial score (nSPS) is 11.9. The molecule has 0 saturated carbocycles. The SMILES string of the molecule is N#C/C(=C(\Oc1ccc(C#N)cc1)C(F)(F)F)c1ccccc1. The number of hydrogen-bond donors (Lipinski definition) is 0. The summed E-state index contributed by atoms with van der Waals surface area (Å²) in [5.41, 5.74) is -0.211. The molecule has 3 nitrogen and oxygen atoms in total. The number of alkyl halides is 3. The van der Waals surface area contributed by atoms with Crippen LogP contribution in [-0.4, -0.2) is 6.18 Å². The van der Waals surface area contributed by atoms with Crippen molar-refractivity contribution in [3.8, 4) is 17.9 Å². The third-order valence-corrected chi connectivity index (χ3v) is 2.86. The quantitative estimate of drug-likeness (QED) is 0.622. The van der Waals surface area contributed by atoms with Crippen LogP contribution in [0.3, 0.4) is 0 Å². The van der Waals surface area contributed by atoms with Gasteiger partial charge < -0.3 is 4.74 Å². The molecule has 2 aromatic carbocycles. The van der Waals surface area contributed by atoms with Crippen LogP contribution in [0.25, 0.3) is 5.57 Å². The van der Waals surface area contributed by atoms with Crippen molar-refractivity contribution < 1.29 is 17.9 Å². The smallest absolute Gasteiger partial charge is 0.450 e. The Morgan fingerprint density at radius 3 is 2.00 bits per heavy atom. The summed E-state index contributed by atoms with van der Waals surface area (Å²) in [5, 5.41) is 17.8. The van der Waals surface area contributed by atoms with Crippen LogP contribution >= 0.6 is 0 Å². The molecule has 0 aliphatic heterocycles. The Morgan fingerprint density at radius 2 is 1.52 bits per heavy atom. The van der Waals surface area contributed by atoms with Gasteiger partial charge in [0.15, 0.2) is 0 Å². The van der Waals surface area contributed by atoms with E-state index >= 15 is 0 Å². The molecule has 0 amide bonds. The Balaban J connectivity index is 2.50. The Labute approximate surface area is 130 Å².